The minimum absolute atomic E-state index is 0.0515. The van der Waals surface area contributed by atoms with Crippen LogP contribution in [0.5, 0.6) is 11.5 Å². The first kappa shape index (κ1) is 23.5. The second-order valence-corrected chi connectivity index (χ2v) is 7.17. The lowest BCUT2D eigenvalue weighted by Gasteiger charge is -2.27. The van der Waals surface area contributed by atoms with Gasteiger partial charge in [0.05, 0.1) is 36.1 Å². The number of carbonyl (C=O) groups is 3. The third-order valence-corrected chi connectivity index (χ3v) is 4.95. The van der Waals surface area contributed by atoms with E-state index in [0.717, 1.165) is 12.1 Å². The number of fused-ring (bicyclic) bond motifs is 1. The second kappa shape index (κ2) is 9.98. The van der Waals surface area contributed by atoms with Crippen LogP contribution in [0.25, 0.3) is 0 Å². The fourth-order valence-corrected chi connectivity index (χ4v) is 3.53. The molecule has 0 aromatic heterocycles. The van der Waals surface area contributed by atoms with Gasteiger partial charge in [0.1, 0.15) is 5.56 Å². The van der Waals surface area contributed by atoms with Crippen LogP contribution < -0.4 is 19.7 Å². The number of esters is 1. The first-order valence-corrected chi connectivity index (χ1v) is 10.1. The maximum atomic E-state index is 13.0. The molecule has 0 aliphatic carbocycles. The normalized spacial score (nSPS) is 15.1. The summed E-state index contributed by atoms with van der Waals surface area (Å²) < 4.78 is 15.6. The van der Waals surface area contributed by atoms with Crippen LogP contribution in [0.3, 0.4) is 0 Å². The fraction of sp³-hybridized carbons (Fsp3) is 0.318. The highest BCUT2D eigenvalue weighted by molar-refractivity contribution is 6.05. The molecule has 174 valence electrons. The number of methoxy groups -OCH3 is 1. The van der Waals surface area contributed by atoms with Crippen molar-refractivity contribution in [3.05, 3.63) is 52.1 Å². The number of carbonyl (C=O) groups excluding carboxylic acids is 3. The van der Waals surface area contributed by atoms with Gasteiger partial charge in [0.2, 0.25) is 5.91 Å². The van der Waals surface area contributed by atoms with Crippen molar-refractivity contribution in [2.45, 2.75) is 26.3 Å². The molecule has 0 radical (unpaired) electrons. The Labute approximate surface area is 189 Å². The summed E-state index contributed by atoms with van der Waals surface area (Å²) in [6.07, 6.45) is 0.0515. The van der Waals surface area contributed by atoms with Gasteiger partial charge < -0.3 is 24.4 Å². The number of benzene rings is 2. The first-order chi connectivity index (χ1) is 15.8. The van der Waals surface area contributed by atoms with Gasteiger partial charge in [-0.2, -0.15) is 0 Å². The molecule has 33 heavy (non-hydrogen) atoms. The molecule has 0 fully saturated rings. The Morgan fingerprint density at radius 2 is 1.97 bits per heavy atom. The van der Waals surface area contributed by atoms with Gasteiger partial charge in [0.25, 0.3) is 11.6 Å². The summed E-state index contributed by atoms with van der Waals surface area (Å²) in [6.45, 7) is 2.95. The van der Waals surface area contributed by atoms with E-state index in [4.69, 9.17) is 14.2 Å². The molecule has 0 spiro atoms. The van der Waals surface area contributed by atoms with Gasteiger partial charge in [-0.05, 0) is 26.0 Å². The van der Waals surface area contributed by atoms with E-state index in [1.165, 1.54) is 12.0 Å². The maximum absolute atomic E-state index is 13.0. The number of nitro benzene ring substituents is 1. The van der Waals surface area contributed by atoms with Crippen LogP contribution in [0, 0.1) is 10.1 Å². The number of amides is 2. The van der Waals surface area contributed by atoms with Gasteiger partial charge in [0.15, 0.2) is 18.1 Å². The van der Waals surface area contributed by atoms with Crippen molar-refractivity contribution in [2.75, 3.05) is 30.5 Å². The van der Waals surface area contributed by atoms with E-state index >= 15 is 0 Å². The zero-order chi connectivity index (χ0) is 24.1. The molecule has 11 heteroatoms. The van der Waals surface area contributed by atoms with Crippen molar-refractivity contribution in [3.63, 3.8) is 0 Å². The van der Waals surface area contributed by atoms with Gasteiger partial charge in [0, 0.05) is 18.5 Å². The summed E-state index contributed by atoms with van der Waals surface area (Å²) in [5.41, 5.74) is -0.00160. The van der Waals surface area contributed by atoms with Crippen LogP contribution in [0.4, 0.5) is 17.1 Å². The number of ether oxygens (including phenoxy) is 3. The van der Waals surface area contributed by atoms with E-state index in [-0.39, 0.29) is 36.0 Å². The SMILES string of the molecule is CCOc1cc([N+](=O)[O-])c(C(=O)OCC(=O)N2c3ccccc3NC(=O)CC2C)cc1OC. The van der Waals surface area contributed by atoms with Crippen LogP contribution in [-0.4, -0.2) is 49.1 Å². The quantitative estimate of drug-likeness (QED) is 0.381. The first-order valence-electron chi connectivity index (χ1n) is 10.1. The molecule has 1 atom stereocenters. The fourth-order valence-electron chi connectivity index (χ4n) is 3.53. The molecule has 3 rings (SSSR count). The summed E-state index contributed by atoms with van der Waals surface area (Å²) in [5, 5.41) is 14.2. The molecule has 2 amide bonds. The van der Waals surface area contributed by atoms with Crippen molar-refractivity contribution in [1.29, 1.82) is 0 Å². The molecule has 0 saturated heterocycles. The molecule has 1 heterocycles. The number of hydrogen-bond acceptors (Lipinski definition) is 8. The van der Waals surface area contributed by atoms with Crippen LogP contribution in [0.1, 0.15) is 30.6 Å². The van der Waals surface area contributed by atoms with Gasteiger partial charge in [-0.1, -0.05) is 12.1 Å². The Morgan fingerprint density at radius 3 is 2.64 bits per heavy atom. The van der Waals surface area contributed by atoms with Gasteiger partial charge in [-0.25, -0.2) is 4.79 Å². The van der Waals surface area contributed by atoms with Crippen molar-refractivity contribution in [1.82, 2.24) is 0 Å². The molecular formula is C22H23N3O8. The van der Waals surface area contributed by atoms with E-state index in [1.54, 1.807) is 38.1 Å². The van der Waals surface area contributed by atoms with Crippen LogP contribution in [0.2, 0.25) is 0 Å². The lowest BCUT2D eigenvalue weighted by Crippen LogP contribution is -2.41. The summed E-state index contributed by atoms with van der Waals surface area (Å²) >= 11 is 0. The summed E-state index contributed by atoms with van der Waals surface area (Å²) in [6, 6.07) is 8.47. The lowest BCUT2D eigenvalue weighted by atomic mass is 10.1. The minimum atomic E-state index is -1.07. The maximum Gasteiger partial charge on any atom is 0.345 e. The van der Waals surface area contributed by atoms with Gasteiger partial charge in [-0.3, -0.25) is 19.7 Å². The predicted molar refractivity (Wildman–Crippen MR) is 118 cm³/mol. The van der Waals surface area contributed by atoms with Crippen LogP contribution in [-0.2, 0) is 14.3 Å². The number of nitro groups is 1. The monoisotopic (exact) mass is 457 g/mol. The molecule has 11 nitrogen and oxygen atoms in total. The molecule has 0 bridgehead atoms. The zero-order valence-corrected chi connectivity index (χ0v) is 18.3. The molecular weight excluding hydrogens is 434 g/mol. The average molecular weight is 457 g/mol. The predicted octanol–water partition coefficient (Wildman–Crippen LogP) is 2.92. The van der Waals surface area contributed by atoms with Crippen molar-refractivity contribution < 1.29 is 33.5 Å². The highest BCUT2D eigenvalue weighted by atomic mass is 16.6. The number of rotatable bonds is 7. The summed E-state index contributed by atoms with van der Waals surface area (Å²) in [7, 11) is 1.33. The molecule has 2 aromatic carbocycles. The van der Waals surface area contributed by atoms with Crippen molar-refractivity contribution in [2.24, 2.45) is 0 Å². The van der Waals surface area contributed by atoms with E-state index in [0.29, 0.717) is 11.4 Å². The smallest absolute Gasteiger partial charge is 0.345 e. The van der Waals surface area contributed by atoms with Gasteiger partial charge in [-0.15, -0.1) is 0 Å². The summed E-state index contributed by atoms with van der Waals surface area (Å²) in [4.78, 5) is 49.9. The zero-order valence-electron chi connectivity index (χ0n) is 18.3. The van der Waals surface area contributed by atoms with Crippen LogP contribution >= 0.6 is 0 Å². The van der Waals surface area contributed by atoms with Crippen molar-refractivity contribution >= 4 is 34.8 Å². The minimum Gasteiger partial charge on any atom is -0.493 e. The molecule has 1 aliphatic rings. The standard InChI is InChI=1S/C22H23N3O8/c1-4-32-19-11-17(25(29)30)14(10-18(19)31-3)22(28)33-12-21(27)24-13(2)9-20(26)23-15-7-5-6-8-16(15)24/h5-8,10-11,13H,4,9,12H2,1-3H3,(H,23,26). The lowest BCUT2D eigenvalue weighted by molar-refractivity contribution is -0.385. The number of anilines is 2. The number of nitrogens with one attached hydrogen (secondary N) is 1. The van der Waals surface area contributed by atoms with Crippen molar-refractivity contribution in [3.8, 4) is 11.5 Å². The Morgan fingerprint density at radius 1 is 1.24 bits per heavy atom. The van der Waals surface area contributed by atoms with E-state index in [1.807, 2.05) is 0 Å². The highest BCUT2D eigenvalue weighted by Crippen LogP contribution is 2.35. The second-order valence-electron chi connectivity index (χ2n) is 7.17. The van der Waals surface area contributed by atoms with Crippen LogP contribution in [0.15, 0.2) is 36.4 Å². The highest BCUT2D eigenvalue weighted by Gasteiger charge is 2.31. The largest absolute Gasteiger partial charge is 0.493 e. The van der Waals surface area contributed by atoms with Gasteiger partial charge >= 0.3 is 5.97 Å². The molecule has 2 aromatic rings. The Kier molecular flexibility index (Phi) is 7.11. The summed E-state index contributed by atoms with van der Waals surface area (Å²) in [5.74, 6) is -1.69. The number of nitrogens with zero attached hydrogens (tertiary/aromatic N) is 2. The Balaban J connectivity index is 1.84. The molecule has 1 unspecified atom stereocenters. The third-order valence-electron chi connectivity index (χ3n) is 4.95. The molecule has 0 saturated carbocycles. The van der Waals surface area contributed by atoms with E-state index < -0.39 is 35.1 Å². The number of hydrogen-bond donors (Lipinski definition) is 1. The third kappa shape index (κ3) is 5.03. The van der Waals surface area contributed by atoms with E-state index in [9.17, 15) is 24.5 Å². The number of para-hydroxylation sites is 2. The topological polar surface area (TPSA) is 137 Å². The molecule has 1 N–H and O–H groups in total. The van der Waals surface area contributed by atoms with E-state index in [2.05, 4.69) is 5.32 Å². The Bertz CT molecular complexity index is 1100. The average Bonchev–Trinajstić information content (AvgIpc) is 2.91. The Hall–Kier alpha value is -4.15. The molecule has 1 aliphatic heterocycles.